The van der Waals surface area contributed by atoms with E-state index in [1.54, 1.807) is 31.1 Å². The summed E-state index contributed by atoms with van der Waals surface area (Å²) < 4.78 is 4.98. The van der Waals surface area contributed by atoms with Crippen molar-refractivity contribution < 1.29 is 14.1 Å². The highest BCUT2D eigenvalue weighted by atomic mass is 16.5. The number of aryl methyl sites for hydroxylation is 2. The number of aromatic nitrogens is 1. The first-order valence-corrected chi connectivity index (χ1v) is 7.95. The van der Waals surface area contributed by atoms with E-state index in [1.807, 2.05) is 25.1 Å². The second-order valence-electron chi connectivity index (χ2n) is 5.93. The molecule has 0 unspecified atom stereocenters. The van der Waals surface area contributed by atoms with E-state index in [0.717, 1.165) is 17.0 Å². The molecule has 2 amide bonds. The Morgan fingerprint density at radius 1 is 1.17 bits per heavy atom. The maximum Gasteiger partial charge on any atom is 0.253 e. The van der Waals surface area contributed by atoms with Gasteiger partial charge in [0.25, 0.3) is 5.91 Å². The third kappa shape index (κ3) is 5.22. The van der Waals surface area contributed by atoms with Gasteiger partial charge < -0.3 is 14.7 Å². The van der Waals surface area contributed by atoms with Gasteiger partial charge in [0, 0.05) is 45.1 Å². The van der Waals surface area contributed by atoms with Gasteiger partial charge in [-0.25, -0.2) is 0 Å². The first-order chi connectivity index (χ1) is 11.5. The topological polar surface area (TPSA) is 75.4 Å². The van der Waals surface area contributed by atoms with E-state index in [4.69, 9.17) is 4.52 Å². The maximum atomic E-state index is 11.9. The Morgan fingerprint density at radius 3 is 2.46 bits per heavy atom. The summed E-state index contributed by atoms with van der Waals surface area (Å²) >= 11 is 0. The van der Waals surface area contributed by atoms with E-state index < -0.39 is 0 Å². The third-order valence-electron chi connectivity index (χ3n) is 3.63. The molecular weight excluding hydrogens is 306 g/mol. The molecule has 0 aliphatic rings. The average molecular weight is 329 g/mol. The molecule has 2 rings (SSSR count). The molecule has 1 aromatic heterocycles. The number of carbonyl (C=O) groups is 2. The molecule has 1 N–H and O–H groups in total. The SMILES string of the molecule is Cc1cc(CCNC(=O)CCc2ccc(C(=O)N(C)C)cc2)no1. The minimum absolute atomic E-state index is 0.00339. The van der Waals surface area contributed by atoms with Crippen LogP contribution in [0.5, 0.6) is 0 Å². The third-order valence-corrected chi connectivity index (χ3v) is 3.63. The maximum absolute atomic E-state index is 11.9. The number of benzene rings is 1. The lowest BCUT2D eigenvalue weighted by atomic mass is 10.1. The Labute approximate surface area is 141 Å². The largest absolute Gasteiger partial charge is 0.361 e. The number of hydrogen-bond donors (Lipinski definition) is 1. The van der Waals surface area contributed by atoms with Crippen LogP contribution in [0.15, 0.2) is 34.9 Å². The van der Waals surface area contributed by atoms with Gasteiger partial charge in [-0.15, -0.1) is 0 Å². The first kappa shape index (κ1) is 17.7. The Bertz CT molecular complexity index is 690. The predicted molar refractivity (Wildman–Crippen MR) is 90.7 cm³/mol. The molecule has 6 heteroatoms. The molecule has 0 atom stereocenters. The van der Waals surface area contributed by atoms with Crippen molar-refractivity contribution >= 4 is 11.8 Å². The summed E-state index contributed by atoms with van der Waals surface area (Å²) in [7, 11) is 3.45. The van der Waals surface area contributed by atoms with E-state index in [0.29, 0.717) is 31.4 Å². The Hall–Kier alpha value is -2.63. The van der Waals surface area contributed by atoms with Gasteiger partial charge in [-0.3, -0.25) is 9.59 Å². The van der Waals surface area contributed by atoms with Crippen molar-refractivity contribution in [1.82, 2.24) is 15.4 Å². The molecule has 6 nitrogen and oxygen atoms in total. The number of nitrogens with one attached hydrogen (secondary N) is 1. The van der Waals surface area contributed by atoms with Crippen molar-refractivity contribution in [1.29, 1.82) is 0 Å². The van der Waals surface area contributed by atoms with Crippen LogP contribution in [0.3, 0.4) is 0 Å². The van der Waals surface area contributed by atoms with Crippen LogP contribution in [0.1, 0.15) is 33.8 Å². The summed E-state index contributed by atoms with van der Waals surface area (Å²) in [5.41, 5.74) is 2.53. The van der Waals surface area contributed by atoms with Crippen molar-refractivity contribution in [2.75, 3.05) is 20.6 Å². The van der Waals surface area contributed by atoms with E-state index in [1.165, 1.54) is 0 Å². The van der Waals surface area contributed by atoms with Crippen LogP contribution in [-0.2, 0) is 17.6 Å². The monoisotopic (exact) mass is 329 g/mol. The predicted octanol–water partition coefficient (Wildman–Crippen LogP) is 1.98. The average Bonchev–Trinajstić information content (AvgIpc) is 2.98. The lowest BCUT2D eigenvalue weighted by Crippen LogP contribution is -2.26. The normalized spacial score (nSPS) is 10.5. The zero-order valence-corrected chi connectivity index (χ0v) is 14.3. The molecule has 0 fully saturated rings. The van der Waals surface area contributed by atoms with E-state index in [2.05, 4.69) is 10.5 Å². The summed E-state index contributed by atoms with van der Waals surface area (Å²) in [6.45, 7) is 2.38. The molecule has 1 heterocycles. The molecule has 0 radical (unpaired) electrons. The van der Waals surface area contributed by atoms with Gasteiger partial charge in [-0.2, -0.15) is 0 Å². The minimum Gasteiger partial charge on any atom is -0.361 e. The van der Waals surface area contributed by atoms with Crippen molar-refractivity contribution in [3.63, 3.8) is 0 Å². The fourth-order valence-corrected chi connectivity index (χ4v) is 2.28. The molecule has 0 bridgehead atoms. The lowest BCUT2D eigenvalue weighted by Gasteiger charge is -2.10. The summed E-state index contributed by atoms with van der Waals surface area (Å²) in [6.07, 6.45) is 1.72. The van der Waals surface area contributed by atoms with Crippen molar-refractivity contribution in [3.8, 4) is 0 Å². The zero-order valence-electron chi connectivity index (χ0n) is 14.3. The first-order valence-electron chi connectivity index (χ1n) is 7.95. The summed E-state index contributed by atoms with van der Waals surface area (Å²) in [6, 6.07) is 9.23. The lowest BCUT2D eigenvalue weighted by molar-refractivity contribution is -0.121. The van der Waals surface area contributed by atoms with Gasteiger partial charge in [0.2, 0.25) is 5.91 Å². The van der Waals surface area contributed by atoms with Crippen molar-refractivity contribution in [2.24, 2.45) is 0 Å². The second-order valence-corrected chi connectivity index (χ2v) is 5.93. The number of rotatable bonds is 7. The molecule has 0 aliphatic heterocycles. The van der Waals surface area contributed by atoms with Gasteiger partial charge in [-0.1, -0.05) is 17.3 Å². The van der Waals surface area contributed by atoms with Crippen LogP contribution in [0.4, 0.5) is 0 Å². The highest BCUT2D eigenvalue weighted by molar-refractivity contribution is 5.93. The van der Waals surface area contributed by atoms with Gasteiger partial charge in [0.15, 0.2) is 0 Å². The fraction of sp³-hybridized carbons (Fsp3) is 0.389. The van der Waals surface area contributed by atoms with Gasteiger partial charge in [0.05, 0.1) is 5.69 Å². The van der Waals surface area contributed by atoms with E-state index in [9.17, 15) is 9.59 Å². The van der Waals surface area contributed by atoms with E-state index >= 15 is 0 Å². The summed E-state index contributed by atoms with van der Waals surface area (Å²) in [5.74, 6) is 0.749. The Kier molecular flexibility index (Phi) is 6.12. The molecule has 0 aliphatic carbocycles. The molecule has 0 saturated carbocycles. The molecule has 24 heavy (non-hydrogen) atoms. The van der Waals surface area contributed by atoms with Gasteiger partial charge in [-0.05, 0) is 31.0 Å². The van der Waals surface area contributed by atoms with Crippen LogP contribution in [0, 0.1) is 6.92 Å². The standard InChI is InChI=1S/C18H23N3O3/c1-13-12-16(20-24-13)10-11-19-17(22)9-6-14-4-7-15(8-5-14)18(23)21(2)3/h4-5,7-8,12H,6,9-11H2,1-3H3,(H,19,22). The second kappa shape index (κ2) is 8.29. The number of amides is 2. The molecular formula is C18H23N3O3. The number of hydrogen-bond acceptors (Lipinski definition) is 4. The minimum atomic E-state index is -0.0256. The zero-order chi connectivity index (χ0) is 17.5. The van der Waals surface area contributed by atoms with Gasteiger partial charge >= 0.3 is 0 Å². The summed E-state index contributed by atoms with van der Waals surface area (Å²) in [4.78, 5) is 25.2. The summed E-state index contributed by atoms with van der Waals surface area (Å²) in [5, 5.41) is 6.76. The molecule has 2 aromatic rings. The van der Waals surface area contributed by atoms with Crippen molar-refractivity contribution in [3.05, 3.63) is 52.9 Å². The molecule has 0 spiro atoms. The Balaban J connectivity index is 1.72. The molecule has 128 valence electrons. The van der Waals surface area contributed by atoms with E-state index in [-0.39, 0.29) is 11.8 Å². The van der Waals surface area contributed by atoms with Gasteiger partial charge in [0.1, 0.15) is 5.76 Å². The van der Waals surface area contributed by atoms with Crippen LogP contribution in [0.25, 0.3) is 0 Å². The molecule has 1 aromatic carbocycles. The quantitative estimate of drug-likeness (QED) is 0.843. The van der Waals surface area contributed by atoms with Crippen LogP contribution >= 0.6 is 0 Å². The number of carbonyl (C=O) groups excluding carboxylic acids is 2. The highest BCUT2D eigenvalue weighted by Gasteiger charge is 2.08. The Morgan fingerprint density at radius 2 is 1.88 bits per heavy atom. The highest BCUT2D eigenvalue weighted by Crippen LogP contribution is 2.08. The number of nitrogens with zero attached hydrogens (tertiary/aromatic N) is 2. The van der Waals surface area contributed by atoms with Crippen LogP contribution in [0.2, 0.25) is 0 Å². The van der Waals surface area contributed by atoms with Crippen LogP contribution in [-0.4, -0.2) is 42.5 Å². The fourth-order valence-electron chi connectivity index (χ4n) is 2.28. The molecule has 0 saturated heterocycles. The smallest absolute Gasteiger partial charge is 0.253 e. The van der Waals surface area contributed by atoms with Crippen LogP contribution < -0.4 is 5.32 Å². The van der Waals surface area contributed by atoms with Crippen molar-refractivity contribution in [2.45, 2.75) is 26.2 Å².